The molecule has 2 aromatic rings. The molecular weight excluding hydrogens is 316 g/mol. The molecule has 1 heterocycles. The number of carbonyl (C=O) groups is 1. The number of aromatic nitrogens is 2. The number of benzene rings is 1. The lowest BCUT2D eigenvalue weighted by Gasteiger charge is -2.11. The van der Waals surface area contributed by atoms with Gasteiger partial charge in [0.25, 0.3) is 5.56 Å². The average Bonchev–Trinajstić information content (AvgIpc) is 2.31. The molecule has 1 aromatic heterocycles. The fourth-order valence-corrected chi connectivity index (χ4v) is 2.21. The predicted octanol–water partition coefficient (Wildman–Crippen LogP) is 1.11. The van der Waals surface area contributed by atoms with E-state index in [4.69, 9.17) is 0 Å². The van der Waals surface area contributed by atoms with Crippen LogP contribution in [-0.4, -0.2) is 20.9 Å². The van der Waals surface area contributed by atoms with Crippen molar-refractivity contribution in [2.24, 2.45) is 0 Å². The Kier molecular flexibility index (Phi) is 3.39. The number of carbonyl (C=O) groups excluding carboxylic acids is 1. The summed E-state index contributed by atoms with van der Waals surface area (Å²) in [6.45, 7) is 1.73. The van der Waals surface area contributed by atoms with Crippen LogP contribution in [0.2, 0.25) is 0 Å². The van der Waals surface area contributed by atoms with Crippen LogP contribution in [0.1, 0.15) is 15.9 Å². The molecule has 0 fully saturated rings. The van der Waals surface area contributed by atoms with Gasteiger partial charge in [-0.05, 0) is 30.7 Å². The molecule has 0 amide bonds. The highest BCUT2D eigenvalue weighted by atomic mass is 79.9. The van der Waals surface area contributed by atoms with Crippen LogP contribution in [0.5, 0.6) is 5.88 Å². The zero-order valence-corrected chi connectivity index (χ0v) is 11.4. The number of aldehydes is 1. The van der Waals surface area contributed by atoms with Crippen molar-refractivity contribution in [1.29, 1.82) is 0 Å². The van der Waals surface area contributed by atoms with Crippen molar-refractivity contribution in [3.8, 4) is 11.6 Å². The molecule has 6 nitrogen and oxygen atoms in total. The summed E-state index contributed by atoms with van der Waals surface area (Å²) in [5.41, 5.74) is -1.13. The fourth-order valence-electron chi connectivity index (χ4n) is 1.74. The van der Waals surface area contributed by atoms with Gasteiger partial charge in [0.05, 0.1) is 5.69 Å². The third-order valence-corrected chi connectivity index (χ3v) is 3.13. The molecule has 0 bridgehead atoms. The smallest absolute Gasteiger partial charge is 0.335 e. The summed E-state index contributed by atoms with van der Waals surface area (Å²) >= 11 is 3.28. The van der Waals surface area contributed by atoms with Gasteiger partial charge in [0, 0.05) is 4.47 Å². The van der Waals surface area contributed by atoms with Crippen LogP contribution < -0.4 is 11.2 Å². The second kappa shape index (κ2) is 4.85. The fraction of sp³-hybridized carbons (Fsp3) is 0.0833. The molecule has 19 heavy (non-hydrogen) atoms. The maximum absolute atomic E-state index is 11.8. The lowest BCUT2D eigenvalue weighted by atomic mass is 10.2. The minimum Gasteiger partial charge on any atom is -0.493 e. The van der Waals surface area contributed by atoms with Gasteiger partial charge in [-0.2, -0.15) is 0 Å². The molecule has 0 unspecified atom stereocenters. The largest absolute Gasteiger partial charge is 0.493 e. The Bertz CT molecular complexity index is 776. The summed E-state index contributed by atoms with van der Waals surface area (Å²) in [6, 6.07) is 5.01. The summed E-state index contributed by atoms with van der Waals surface area (Å²) < 4.78 is 1.69. The first-order valence-corrected chi connectivity index (χ1v) is 6.05. The van der Waals surface area contributed by atoms with Gasteiger partial charge in [0.2, 0.25) is 5.88 Å². The van der Waals surface area contributed by atoms with Gasteiger partial charge in [0.1, 0.15) is 5.56 Å². The zero-order chi connectivity index (χ0) is 14.2. The topological polar surface area (TPSA) is 92.2 Å². The van der Waals surface area contributed by atoms with Crippen molar-refractivity contribution in [3.63, 3.8) is 0 Å². The van der Waals surface area contributed by atoms with E-state index in [9.17, 15) is 19.5 Å². The molecule has 0 spiro atoms. The highest BCUT2D eigenvalue weighted by molar-refractivity contribution is 9.10. The minimum atomic E-state index is -0.913. The van der Waals surface area contributed by atoms with Crippen molar-refractivity contribution < 1.29 is 9.90 Å². The van der Waals surface area contributed by atoms with Crippen LogP contribution >= 0.6 is 15.9 Å². The number of aromatic amines is 1. The van der Waals surface area contributed by atoms with Crippen molar-refractivity contribution in [2.45, 2.75) is 6.92 Å². The van der Waals surface area contributed by atoms with Crippen LogP contribution in [0.25, 0.3) is 5.69 Å². The van der Waals surface area contributed by atoms with E-state index in [2.05, 4.69) is 15.9 Å². The van der Waals surface area contributed by atoms with Crippen molar-refractivity contribution in [2.75, 3.05) is 0 Å². The highest BCUT2D eigenvalue weighted by Gasteiger charge is 2.16. The van der Waals surface area contributed by atoms with Gasteiger partial charge in [-0.15, -0.1) is 0 Å². The maximum Gasteiger partial charge on any atom is 0.335 e. The maximum atomic E-state index is 11.8. The van der Waals surface area contributed by atoms with E-state index in [0.717, 1.165) is 9.04 Å². The predicted molar refractivity (Wildman–Crippen MR) is 72.1 cm³/mol. The number of rotatable bonds is 2. The standard InChI is InChI=1S/C12H9BrN2O4/c1-6-4-7(13)2-3-9(6)15-11(18)8(5-16)10(17)14-12(15)19/h2-5,18H,1H3,(H,14,17,19). The lowest BCUT2D eigenvalue weighted by molar-refractivity contribution is 0.111. The second-order valence-corrected chi connectivity index (χ2v) is 4.80. The quantitative estimate of drug-likeness (QED) is 0.809. The summed E-state index contributed by atoms with van der Waals surface area (Å²) in [5.74, 6) is -0.672. The average molecular weight is 325 g/mol. The Morgan fingerprint density at radius 2 is 2.05 bits per heavy atom. The van der Waals surface area contributed by atoms with Crippen LogP contribution in [-0.2, 0) is 0 Å². The first kappa shape index (κ1) is 13.3. The van der Waals surface area contributed by atoms with Crippen molar-refractivity contribution >= 4 is 22.2 Å². The Balaban J connectivity index is 2.86. The summed E-state index contributed by atoms with van der Waals surface area (Å²) in [6.07, 6.45) is 0.207. The molecule has 0 atom stereocenters. The molecule has 0 aliphatic rings. The van der Waals surface area contributed by atoms with E-state index >= 15 is 0 Å². The van der Waals surface area contributed by atoms with Gasteiger partial charge >= 0.3 is 5.69 Å². The third-order valence-electron chi connectivity index (χ3n) is 2.64. The van der Waals surface area contributed by atoms with E-state index in [-0.39, 0.29) is 6.29 Å². The van der Waals surface area contributed by atoms with Gasteiger partial charge in [0.15, 0.2) is 6.29 Å². The minimum absolute atomic E-state index is 0.207. The Hall–Kier alpha value is -2.15. The number of aromatic hydroxyl groups is 1. The normalized spacial score (nSPS) is 10.4. The summed E-state index contributed by atoms with van der Waals surface area (Å²) in [5, 5.41) is 9.90. The van der Waals surface area contributed by atoms with E-state index in [1.807, 2.05) is 4.98 Å². The Morgan fingerprint density at radius 1 is 1.37 bits per heavy atom. The van der Waals surface area contributed by atoms with Gasteiger partial charge < -0.3 is 5.11 Å². The van der Waals surface area contributed by atoms with Crippen LogP contribution in [0, 0.1) is 6.92 Å². The molecule has 0 aliphatic heterocycles. The number of nitrogens with zero attached hydrogens (tertiary/aromatic N) is 1. The number of halogens is 1. The van der Waals surface area contributed by atoms with Gasteiger partial charge in [-0.1, -0.05) is 15.9 Å². The van der Waals surface area contributed by atoms with E-state index < -0.39 is 22.7 Å². The second-order valence-electron chi connectivity index (χ2n) is 3.88. The molecule has 0 saturated heterocycles. The zero-order valence-electron chi connectivity index (χ0n) is 9.81. The highest BCUT2D eigenvalue weighted by Crippen LogP contribution is 2.21. The Morgan fingerprint density at radius 3 is 2.63 bits per heavy atom. The number of aryl methyl sites for hydroxylation is 1. The number of nitrogens with one attached hydrogen (secondary N) is 1. The van der Waals surface area contributed by atoms with Crippen LogP contribution in [0.3, 0.4) is 0 Å². The van der Waals surface area contributed by atoms with Gasteiger partial charge in [-0.3, -0.25) is 14.6 Å². The van der Waals surface area contributed by atoms with Gasteiger partial charge in [-0.25, -0.2) is 9.36 Å². The molecule has 98 valence electrons. The summed E-state index contributed by atoms with van der Waals surface area (Å²) in [4.78, 5) is 35.9. The van der Waals surface area contributed by atoms with E-state index in [0.29, 0.717) is 11.3 Å². The first-order chi connectivity index (χ1) is 8.95. The number of H-pyrrole nitrogens is 1. The van der Waals surface area contributed by atoms with E-state index in [1.165, 1.54) is 0 Å². The van der Waals surface area contributed by atoms with Crippen LogP contribution in [0.15, 0.2) is 32.3 Å². The lowest BCUT2D eigenvalue weighted by Crippen LogP contribution is -2.31. The monoisotopic (exact) mass is 324 g/mol. The third kappa shape index (κ3) is 2.24. The van der Waals surface area contributed by atoms with Crippen molar-refractivity contribution in [3.05, 3.63) is 54.6 Å². The van der Waals surface area contributed by atoms with Crippen LogP contribution in [0.4, 0.5) is 0 Å². The molecule has 2 N–H and O–H groups in total. The SMILES string of the molecule is Cc1cc(Br)ccc1-n1c(O)c(C=O)c(=O)[nH]c1=O. The molecule has 1 aromatic carbocycles. The molecule has 0 saturated carbocycles. The molecule has 0 radical (unpaired) electrons. The molecule has 0 aliphatic carbocycles. The summed E-state index contributed by atoms with van der Waals surface area (Å²) in [7, 11) is 0. The number of hydrogen-bond acceptors (Lipinski definition) is 4. The number of hydrogen-bond donors (Lipinski definition) is 2. The van der Waals surface area contributed by atoms with E-state index in [1.54, 1.807) is 25.1 Å². The Labute approximate surface area is 115 Å². The van der Waals surface area contributed by atoms with Crippen molar-refractivity contribution in [1.82, 2.24) is 9.55 Å². The molecular formula is C12H9BrN2O4. The molecule has 2 rings (SSSR count). The molecule has 7 heteroatoms. The first-order valence-electron chi connectivity index (χ1n) is 5.25.